The van der Waals surface area contributed by atoms with Gasteiger partial charge in [0, 0.05) is 27.6 Å². The molecule has 0 spiro atoms. The van der Waals surface area contributed by atoms with E-state index in [4.69, 9.17) is 60.7 Å². The fraction of sp³-hybridized carbons (Fsp3) is 0.150. The molecule has 2 aliphatic rings. The Morgan fingerprint density at radius 2 is 1.75 bits per heavy atom. The molecule has 3 heterocycles. The lowest BCUT2D eigenvalue weighted by Gasteiger charge is -2.39. The summed E-state index contributed by atoms with van der Waals surface area (Å²) < 4.78 is 11.8. The molecule has 0 bridgehead atoms. The molecule has 0 saturated heterocycles. The van der Waals surface area contributed by atoms with Crippen LogP contribution in [0.5, 0.6) is 5.75 Å². The van der Waals surface area contributed by atoms with E-state index in [0.29, 0.717) is 38.0 Å². The van der Waals surface area contributed by atoms with Crippen LogP contribution >= 0.6 is 46.4 Å². The van der Waals surface area contributed by atoms with Crippen LogP contribution < -0.4 is 4.74 Å². The Bertz CT molecular complexity index is 1100. The summed E-state index contributed by atoms with van der Waals surface area (Å²) in [5.41, 5.74) is 2.44. The molecular weight excluding hydrogens is 442 g/mol. The number of nitrogens with zero attached hydrogens (tertiary/aromatic N) is 2. The van der Waals surface area contributed by atoms with Gasteiger partial charge in [0.15, 0.2) is 0 Å². The lowest BCUT2D eigenvalue weighted by atomic mass is 9.97. The number of rotatable bonds is 2. The lowest BCUT2D eigenvalue weighted by molar-refractivity contribution is -0.0188. The third-order valence-corrected chi connectivity index (χ3v) is 5.90. The van der Waals surface area contributed by atoms with Crippen molar-refractivity contribution in [2.75, 3.05) is 0 Å². The van der Waals surface area contributed by atoms with Crippen LogP contribution in [0, 0.1) is 0 Å². The molecule has 0 N–H and O–H groups in total. The van der Waals surface area contributed by atoms with Crippen LogP contribution in [0.3, 0.4) is 0 Å². The van der Waals surface area contributed by atoms with Gasteiger partial charge in [-0.05, 0) is 36.4 Å². The summed E-state index contributed by atoms with van der Waals surface area (Å²) >= 11 is 25.2. The van der Waals surface area contributed by atoms with E-state index in [0.717, 1.165) is 16.8 Å². The van der Waals surface area contributed by atoms with Crippen molar-refractivity contribution < 1.29 is 9.15 Å². The average Bonchev–Trinajstić information content (AvgIpc) is 3.31. The highest BCUT2D eigenvalue weighted by atomic mass is 35.5. The largest absolute Gasteiger partial charge is 0.463 e. The minimum absolute atomic E-state index is 0.114. The van der Waals surface area contributed by atoms with E-state index < -0.39 is 6.23 Å². The molecule has 3 aromatic rings. The lowest BCUT2D eigenvalue weighted by Crippen LogP contribution is -2.34. The summed E-state index contributed by atoms with van der Waals surface area (Å²) in [6, 6.07) is 12.4. The number of fused-ring (bicyclic) bond motifs is 3. The van der Waals surface area contributed by atoms with Crippen LogP contribution in [0.15, 0.2) is 58.2 Å². The second kappa shape index (κ2) is 6.89. The molecule has 0 radical (unpaired) electrons. The zero-order valence-electron chi connectivity index (χ0n) is 14.2. The van der Waals surface area contributed by atoms with Gasteiger partial charge in [0.25, 0.3) is 0 Å². The molecule has 142 valence electrons. The highest BCUT2D eigenvalue weighted by Gasteiger charge is 2.43. The number of hydrazone groups is 1. The second-order valence-electron chi connectivity index (χ2n) is 6.57. The first-order valence-corrected chi connectivity index (χ1v) is 10.0. The predicted octanol–water partition coefficient (Wildman–Crippen LogP) is 7.14. The fourth-order valence-electron chi connectivity index (χ4n) is 3.61. The van der Waals surface area contributed by atoms with E-state index in [9.17, 15) is 0 Å². The molecule has 8 heteroatoms. The number of ether oxygens (including phenoxy) is 1. The van der Waals surface area contributed by atoms with Crippen molar-refractivity contribution in [2.24, 2.45) is 5.10 Å². The van der Waals surface area contributed by atoms with Gasteiger partial charge in [0.2, 0.25) is 6.23 Å². The van der Waals surface area contributed by atoms with E-state index in [2.05, 4.69) is 0 Å². The molecule has 28 heavy (non-hydrogen) atoms. The highest BCUT2D eigenvalue weighted by Crippen LogP contribution is 2.51. The van der Waals surface area contributed by atoms with Crippen LogP contribution in [0.4, 0.5) is 0 Å². The third kappa shape index (κ3) is 2.96. The monoisotopic (exact) mass is 452 g/mol. The Morgan fingerprint density at radius 3 is 2.50 bits per heavy atom. The topological polar surface area (TPSA) is 38.0 Å². The first kappa shape index (κ1) is 18.2. The van der Waals surface area contributed by atoms with Gasteiger partial charge < -0.3 is 9.15 Å². The van der Waals surface area contributed by atoms with E-state index in [1.54, 1.807) is 24.5 Å². The summed E-state index contributed by atoms with van der Waals surface area (Å²) in [5.74, 6) is 1.30. The molecule has 2 unspecified atom stereocenters. The second-order valence-corrected chi connectivity index (χ2v) is 8.25. The summed E-state index contributed by atoms with van der Waals surface area (Å²) in [6.45, 7) is 0. The number of benzene rings is 2. The number of halogens is 4. The van der Waals surface area contributed by atoms with Crippen LogP contribution in [0.1, 0.15) is 35.6 Å². The molecule has 0 fully saturated rings. The van der Waals surface area contributed by atoms with E-state index in [1.807, 2.05) is 29.3 Å². The smallest absolute Gasteiger partial charge is 0.215 e. The van der Waals surface area contributed by atoms with Crippen LogP contribution in [-0.4, -0.2) is 10.7 Å². The normalized spacial score (nSPS) is 20.4. The Balaban J connectivity index is 1.66. The van der Waals surface area contributed by atoms with Gasteiger partial charge >= 0.3 is 0 Å². The Kier molecular flexibility index (Phi) is 4.48. The maximum absolute atomic E-state index is 6.47. The van der Waals surface area contributed by atoms with Crippen molar-refractivity contribution in [3.05, 3.63) is 85.7 Å². The van der Waals surface area contributed by atoms with Gasteiger partial charge in [0.1, 0.15) is 17.2 Å². The van der Waals surface area contributed by atoms with Gasteiger partial charge in [-0.15, -0.1) is 0 Å². The van der Waals surface area contributed by atoms with Gasteiger partial charge in [-0.25, -0.2) is 5.01 Å². The maximum Gasteiger partial charge on any atom is 0.215 e. The summed E-state index contributed by atoms with van der Waals surface area (Å²) in [5, 5.41) is 8.69. The Morgan fingerprint density at radius 1 is 0.929 bits per heavy atom. The first-order valence-electron chi connectivity index (χ1n) is 8.51. The highest BCUT2D eigenvalue weighted by molar-refractivity contribution is 6.36. The van der Waals surface area contributed by atoms with Crippen molar-refractivity contribution in [1.82, 2.24) is 5.01 Å². The van der Waals surface area contributed by atoms with Gasteiger partial charge in [-0.1, -0.05) is 52.5 Å². The zero-order chi connectivity index (χ0) is 19.4. The maximum atomic E-state index is 6.47. The molecule has 1 aromatic heterocycles. The van der Waals surface area contributed by atoms with Gasteiger partial charge in [-0.2, -0.15) is 5.10 Å². The Labute approximate surface area is 181 Å². The van der Waals surface area contributed by atoms with Gasteiger partial charge in [0.05, 0.1) is 22.4 Å². The molecule has 5 rings (SSSR count). The molecule has 0 amide bonds. The summed E-state index contributed by atoms with van der Waals surface area (Å²) in [4.78, 5) is 0. The molecule has 2 atom stereocenters. The molecule has 2 aliphatic heterocycles. The van der Waals surface area contributed by atoms with Crippen molar-refractivity contribution in [1.29, 1.82) is 0 Å². The van der Waals surface area contributed by atoms with Crippen LogP contribution in [-0.2, 0) is 0 Å². The van der Waals surface area contributed by atoms with Crippen molar-refractivity contribution in [3.8, 4) is 5.75 Å². The van der Waals surface area contributed by atoms with Crippen molar-refractivity contribution in [3.63, 3.8) is 0 Å². The van der Waals surface area contributed by atoms with Crippen molar-refractivity contribution >= 4 is 52.1 Å². The van der Waals surface area contributed by atoms with Gasteiger partial charge in [-0.3, -0.25) is 0 Å². The number of hydrogen-bond acceptors (Lipinski definition) is 4. The van der Waals surface area contributed by atoms with E-state index >= 15 is 0 Å². The zero-order valence-corrected chi connectivity index (χ0v) is 17.2. The quantitative estimate of drug-likeness (QED) is 0.414. The molecule has 2 aromatic carbocycles. The van der Waals surface area contributed by atoms with Crippen LogP contribution in [0.25, 0.3) is 0 Å². The number of furan rings is 1. The summed E-state index contributed by atoms with van der Waals surface area (Å²) in [7, 11) is 0. The summed E-state index contributed by atoms with van der Waals surface area (Å²) in [6.07, 6.45) is 1.69. The molecule has 0 saturated carbocycles. The minimum Gasteiger partial charge on any atom is -0.463 e. The Hall–Kier alpha value is -1.85. The standard InChI is InChI=1S/C20H12Cl4N2O2/c21-10-3-4-12(14(23)7-10)20-26-17(9-16(25-26)18-2-1-5-27-18)13-6-11(22)8-15(24)19(13)28-20/h1-8,17,20H,9H2. The van der Waals surface area contributed by atoms with E-state index in [1.165, 1.54) is 0 Å². The van der Waals surface area contributed by atoms with Crippen molar-refractivity contribution in [2.45, 2.75) is 18.7 Å². The minimum atomic E-state index is -0.562. The average molecular weight is 454 g/mol. The molecular formula is C20H12Cl4N2O2. The van der Waals surface area contributed by atoms with Crippen LogP contribution in [0.2, 0.25) is 20.1 Å². The number of hydrogen-bond donors (Lipinski definition) is 0. The third-order valence-electron chi connectivity index (χ3n) is 4.84. The molecule has 0 aliphatic carbocycles. The predicted molar refractivity (Wildman–Crippen MR) is 111 cm³/mol. The van der Waals surface area contributed by atoms with E-state index in [-0.39, 0.29) is 6.04 Å². The first-order chi connectivity index (χ1) is 13.5. The fourth-order valence-corrected chi connectivity index (χ4v) is 4.67. The SMILES string of the molecule is Clc1ccc(C2Oc3c(Cl)cc(Cl)cc3C3CC(c4ccco4)=NN32)c(Cl)c1. The molecule has 4 nitrogen and oxygen atoms in total.